The van der Waals surface area contributed by atoms with Crippen LogP contribution in [0.15, 0.2) is 36.4 Å². The normalized spacial score (nSPS) is 10.6. The van der Waals surface area contributed by atoms with Crippen LogP contribution in [0.4, 0.5) is 0 Å². The first-order valence-corrected chi connectivity index (χ1v) is 31.2. The molecule has 0 aromatic heterocycles. The van der Waals surface area contributed by atoms with Gasteiger partial charge in [0, 0.05) is 23.3 Å². The highest BCUT2D eigenvalue weighted by Gasteiger charge is 2.13. The van der Waals surface area contributed by atoms with Crippen LogP contribution in [-0.4, -0.2) is 83.0 Å². The zero-order valence-electron chi connectivity index (χ0n) is 47.3. The summed E-state index contributed by atoms with van der Waals surface area (Å²) in [6.45, 7) is 1.64. The Labute approximate surface area is 475 Å². The van der Waals surface area contributed by atoms with Gasteiger partial charge < -0.3 is 28.4 Å². The van der Waals surface area contributed by atoms with Crippen LogP contribution in [0.3, 0.4) is 0 Å². The van der Waals surface area contributed by atoms with Crippen molar-refractivity contribution in [1.82, 2.24) is 0 Å². The van der Waals surface area contributed by atoms with Crippen molar-refractivity contribution >= 4 is 67.6 Å². The van der Waals surface area contributed by atoms with Crippen LogP contribution in [0.25, 0.3) is 0 Å². The second kappa shape index (κ2) is 47.6. The molecule has 0 amide bonds. The number of hydrogen-bond donors (Lipinski definition) is 0. The summed E-state index contributed by atoms with van der Waals surface area (Å²) < 4.78 is 32.1. The van der Waals surface area contributed by atoms with Crippen molar-refractivity contribution in [3.63, 3.8) is 0 Å². The Bertz CT molecular complexity index is 1870. The number of alkyl halides is 2. The lowest BCUT2D eigenvalue weighted by Crippen LogP contribution is -1.98. The second-order valence-electron chi connectivity index (χ2n) is 19.1. The van der Waals surface area contributed by atoms with Crippen LogP contribution in [0.2, 0.25) is 0 Å². The lowest BCUT2D eigenvalue weighted by molar-refractivity contribution is -0.109. The van der Waals surface area contributed by atoms with Gasteiger partial charge in [-0.25, -0.2) is 0 Å². The lowest BCUT2D eigenvalue weighted by atomic mass is 10.0. The summed E-state index contributed by atoms with van der Waals surface area (Å²) in [6.07, 6.45) is 39.9. The van der Waals surface area contributed by atoms with Gasteiger partial charge in [0.05, 0.1) is 59.3 Å². The molecule has 3 rings (SSSR count). The van der Waals surface area contributed by atoms with E-state index in [1.54, 1.807) is 67.8 Å². The average Bonchev–Trinajstić information content (AvgIpc) is 3.43. The highest BCUT2D eigenvalue weighted by atomic mass is 79.9. The van der Waals surface area contributed by atoms with E-state index in [0.717, 1.165) is 114 Å². The van der Waals surface area contributed by atoms with E-state index in [9.17, 15) is 19.2 Å². The number of ether oxygens (including phenoxy) is 6. The molecule has 3 aromatic rings. The van der Waals surface area contributed by atoms with Crippen molar-refractivity contribution in [3.8, 4) is 34.5 Å². The van der Waals surface area contributed by atoms with Crippen molar-refractivity contribution in [2.24, 2.45) is 0 Å². The van der Waals surface area contributed by atoms with Crippen molar-refractivity contribution in [2.75, 3.05) is 59.1 Å². The average molecular weight is 1190 g/mol. The van der Waals surface area contributed by atoms with Crippen molar-refractivity contribution in [2.45, 2.75) is 200 Å². The van der Waals surface area contributed by atoms with E-state index in [1.165, 1.54) is 159 Å². The summed E-state index contributed by atoms with van der Waals surface area (Å²) >= 11 is 8.39. The van der Waals surface area contributed by atoms with E-state index in [2.05, 4.69) is 31.9 Å². The van der Waals surface area contributed by atoms with E-state index in [1.807, 2.05) is 18.2 Å². The zero-order valence-corrected chi connectivity index (χ0v) is 51.3. The van der Waals surface area contributed by atoms with Gasteiger partial charge >= 0.3 is 0 Å². The summed E-state index contributed by atoms with van der Waals surface area (Å²) in [5.41, 5.74) is 4.95. The van der Waals surface area contributed by atoms with Gasteiger partial charge in [0.25, 0.3) is 0 Å². The van der Waals surface area contributed by atoms with E-state index in [0.29, 0.717) is 33.9 Å². The number of aryl methyl sites for hydroxylation is 3. The third-order valence-corrected chi connectivity index (χ3v) is 15.4. The van der Waals surface area contributed by atoms with E-state index < -0.39 is 0 Å². The summed E-state index contributed by atoms with van der Waals surface area (Å²) in [6, 6.07) is 11.1. The van der Waals surface area contributed by atoms with Crippen molar-refractivity contribution in [3.05, 3.63) is 69.8 Å². The Hall–Kier alpha value is -3.55. The molecule has 0 aliphatic heterocycles. The number of carbonyl (C=O) groups is 4. The van der Waals surface area contributed by atoms with Crippen LogP contribution in [0.5, 0.6) is 34.5 Å². The maximum absolute atomic E-state index is 11.1. The third-order valence-electron chi connectivity index (χ3n) is 13.3. The molecule has 424 valence electrons. The molecule has 0 aliphatic carbocycles. The van der Waals surface area contributed by atoms with Crippen LogP contribution < -0.4 is 28.4 Å². The molecule has 0 fully saturated rings. The third kappa shape index (κ3) is 32.1. The number of rotatable bonds is 43. The minimum atomic E-state index is 0.228. The van der Waals surface area contributed by atoms with E-state index in [4.69, 9.17) is 28.4 Å². The van der Waals surface area contributed by atoms with E-state index >= 15 is 0 Å². The molecule has 0 atom stereocenters. The first kappa shape index (κ1) is 69.5. The van der Waals surface area contributed by atoms with Gasteiger partial charge in [-0.1, -0.05) is 178 Å². The number of aldehydes is 3. The van der Waals surface area contributed by atoms with Crippen LogP contribution >= 0.6 is 43.6 Å². The molecule has 10 nitrogen and oxygen atoms in total. The molecule has 13 heteroatoms. The lowest BCUT2D eigenvalue weighted by Gasteiger charge is -2.12. The maximum Gasteiger partial charge on any atom is 0.185 e. The molecular formula is C62H96Br2O10S. The summed E-state index contributed by atoms with van der Waals surface area (Å²) in [5, 5.41) is 2.50. The van der Waals surface area contributed by atoms with E-state index in [-0.39, 0.29) is 5.12 Å². The molecule has 0 N–H and O–H groups in total. The Balaban J connectivity index is 0.000000564. The molecule has 0 spiro atoms. The SMILES string of the molecule is COc1cc(CCCCCCCCCCCBr)c(OC)cc1C=O.COc1cc(CCCCCCCCCCCBr)c(OC)cc1C=O.COc1cc(CCCCCCCCCCCSC(C)=O)c(OC)cc1C=O. The Morgan fingerprint density at radius 1 is 0.360 bits per heavy atom. The quantitative estimate of drug-likeness (QED) is 0.0306. The number of halogens is 2. The zero-order chi connectivity index (χ0) is 55.2. The standard InChI is InChI=1S/C22H34O4S.2C20H31BrO3/c1-18(24)27-14-12-10-8-6-4-5-7-9-11-13-19-15-22(26-3)20(17-23)16-21(19)25-2;2*1-23-19-15-18(16-22)20(24-2)14-17(19)12-10-8-6-4-3-5-7-9-11-13-21/h15-17H,4-14H2,1-3H3;2*14-16H,3-13H2,1-2H3. The summed E-state index contributed by atoms with van der Waals surface area (Å²) in [5.74, 6) is 5.17. The Kier molecular flexibility index (Phi) is 44.1. The largest absolute Gasteiger partial charge is 0.496 e. The summed E-state index contributed by atoms with van der Waals surface area (Å²) in [4.78, 5) is 44.1. The Morgan fingerprint density at radius 2 is 0.587 bits per heavy atom. The molecule has 0 radical (unpaired) electrons. The number of hydrogen-bond acceptors (Lipinski definition) is 11. The van der Waals surface area contributed by atoms with Gasteiger partial charge in [-0.05, 0) is 111 Å². The van der Waals surface area contributed by atoms with Gasteiger partial charge in [0.1, 0.15) is 34.5 Å². The molecule has 0 aliphatic rings. The highest BCUT2D eigenvalue weighted by Crippen LogP contribution is 2.32. The van der Waals surface area contributed by atoms with Crippen LogP contribution in [0.1, 0.15) is 228 Å². The molecule has 0 bridgehead atoms. The molecule has 3 aromatic carbocycles. The van der Waals surface area contributed by atoms with Crippen LogP contribution in [-0.2, 0) is 24.1 Å². The fourth-order valence-corrected chi connectivity index (χ4v) is 10.4. The molecule has 0 saturated heterocycles. The minimum absolute atomic E-state index is 0.228. The molecule has 75 heavy (non-hydrogen) atoms. The van der Waals surface area contributed by atoms with Gasteiger partial charge in [-0.15, -0.1) is 0 Å². The predicted molar refractivity (Wildman–Crippen MR) is 321 cm³/mol. The van der Waals surface area contributed by atoms with Gasteiger partial charge in [-0.3, -0.25) is 19.2 Å². The summed E-state index contributed by atoms with van der Waals surface area (Å²) in [7, 11) is 9.71. The number of benzene rings is 3. The van der Waals surface area contributed by atoms with Gasteiger partial charge in [-0.2, -0.15) is 0 Å². The highest BCUT2D eigenvalue weighted by molar-refractivity contribution is 9.09. The monoisotopic (exact) mass is 1190 g/mol. The first-order valence-electron chi connectivity index (χ1n) is 28.0. The fourth-order valence-electron chi connectivity index (χ4n) is 8.98. The smallest absolute Gasteiger partial charge is 0.185 e. The van der Waals surface area contributed by atoms with Crippen molar-refractivity contribution in [1.29, 1.82) is 0 Å². The second-order valence-corrected chi connectivity index (χ2v) is 21.9. The molecular weight excluding hydrogens is 1100 g/mol. The van der Waals surface area contributed by atoms with Gasteiger partial charge in [0.2, 0.25) is 0 Å². The Morgan fingerprint density at radius 3 is 0.800 bits per heavy atom. The van der Waals surface area contributed by atoms with Gasteiger partial charge in [0.15, 0.2) is 24.0 Å². The minimum Gasteiger partial charge on any atom is -0.496 e. The molecule has 0 saturated carbocycles. The number of unbranched alkanes of at least 4 members (excludes halogenated alkanes) is 24. The predicted octanol–water partition coefficient (Wildman–Crippen LogP) is 17.8. The molecule has 0 heterocycles. The molecule has 0 unspecified atom stereocenters. The number of methoxy groups -OCH3 is 6. The first-order chi connectivity index (χ1) is 36.6. The fraction of sp³-hybridized carbons (Fsp3) is 0.645. The number of thioether (sulfide) groups is 1. The van der Waals surface area contributed by atoms with Crippen molar-refractivity contribution < 1.29 is 47.6 Å². The van der Waals surface area contributed by atoms with Crippen LogP contribution in [0, 0.1) is 0 Å². The topological polar surface area (TPSA) is 124 Å². The number of carbonyl (C=O) groups excluding carboxylic acids is 4. The maximum atomic E-state index is 11.1.